The third-order valence-electron chi connectivity index (χ3n) is 7.02. The number of Topliss-reactive ketones (excluding diaryl/α,β-unsaturated/α-hetero) is 2. The Hall–Kier alpha value is -2.89. The molecule has 0 bridgehead atoms. The van der Waals surface area contributed by atoms with E-state index < -0.39 is 29.2 Å². The highest BCUT2D eigenvalue weighted by atomic mass is 16.5. The van der Waals surface area contributed by atoms with Gasteiger partial charge in [-0.15, -0.1) is 0 Å². The zero-order valence-corrected chi connectivity index (χ0v) is 22.1. The zero-order chi connectivity index (χ0) is 26.5. The molecule has 0 amide bonds. The Kier molecular flexibility index (Phi) is 12.4. The van der Waals surface area contributed by atoms with Crippen molar-refractivity contribution in [1.82, 2.24) is 0 Å². The summed E-state index contributed by atoms with van der Waals surface area (Å²) in [6.07, 6.45) is 18.3. The normalized spacial score (nSPS) is 17.0. The van der Waals surface area contributed by atoms with Gasteiger partial charge >= 0.3 is 0 Å². The molecule has 2 N–H and O–H groups in total. The van der Waals surface area contributed by atoms with Gasteiger partial charge < -0.3 is 14.9 Å². The summed E-state index contributed by atoms with van der Waals surface area (Å²) in [5.41, 5.74) is 0.788. The first kappa shape index (κ1) is 29.3. The van der Waals surface area contributed by atoms with Crippen molar-refractivity contribution in [2.75, 3.05) is 7.11 Å². The van der Waals surface area contributed by atoms with Crippen molar-refractivity contribution in [3.05, 3.63) is 47.2 Å². The SMILES string of the molecule is CCCCCCCC=CCCCCCCC(c1cc(O)c(C)c(O)c1)C1C(=O)C(=O)C=C(OC)C1=O. The van der Waals surface area contributed by atoms with Gasteiger partial charge in [-0.2, -0.15) is 0 Å². The second-order valence-corrected chi connectivity index (χ2v) is 9.74. The Morgan fingerprint density at radius 3 is 1.97 bits per heavy atom. The molecule has 2 rings (SSSR count). The molecule has 0 saturated carbocycles. The lowest BCUT2D eigenvalue weighted by atomic mass is 9.74. The highest BCUT2D eigenvalue weighted by Gasteiger charge is 2.43. The van der Waals surface area contributed by atoms with Gasteiger partial charge in [0.25, 0.3) is 0 Å². The van der Waals surface area contributed by atoms with Crippen LogP contribution in [0.4, 0.5) is 0 Å². The van der Waals surface area contributed by atoms with Crippen LogP contribution in [0, 0.1) is 12.8 Å². The average molecular weight is 499 g/mol. The van der Waals surface area contributed by atoms with E-state index in [-0.39, 0.29) is 17.3 Å². The third kappa shape index (κ3) is 8.35. The van der Waals surface area contributed by atoms with Crippen LogP contribution in [0.25, 0.3) is 0 Å². The lowest BCUT2D eigenvalue weighted by Gasteiger charge is -2.28. The molecular weight excluding hydrogens is 456 g/mol. The molecule has 6 nitrogen and oxygen atoms in total. The van der Waals surface area contributed by atoms with Gasteiger partial charge in [0, 0.05) is 17.6 Å². The molecule has 1 aromatic rings. The number of allylic oxidation sites excluding steroid dienone is 4. The number of ether oxygens (including phenoxy) is 1. The monoisotopic (exact) mass is 498 g/mol. The summed E-state index contributed by atoms with van der Waals surface area (Å²) in [6.45, 7) is 3.80. The lowest BCUT2D eigenvalue weighted by molar-refractivity contribution is -0.142. The predicted molar refractivity (Wildman–Crippen MR) is 141 cm³/mol. The van der Waals surface area contributed by atoms with Gasteiger partial charge in [0.1, 0.15) is 11.5 Å². The number of phenolic OH excluding ortho intramolecular Hbond substituents is 2. The molecule has 198 valence electrons. The molecule has 1 aromatic carbocycles. The van der Waals surface area contributed by atoms with Crippen molar-refractivity contribution in [2.45, 2.75) is 96.8 Å². The van der Waals surface area contributed by atoms with Crippen LogP contribution in [0.3, 0.4) is 0 Å². The molecule has 0 radical (unpaired) electrons. The van der Waals surface area contributed by atoms with Gasteiger partial charge in [-0.3, -0.25) is 14.4 Å². The highest BCUT2D eigenvalue weighted by Crippen LogP contribution is 2.39. The van der Waals surface area contributed by atoms with E-state index in [9.17, 15) is 24.6 Å². The van der Waals surface area contributed by atoms with Crippen LogP contribution in [0.2, 0.25) is 0 Å². The van der Waals surface area contributed by atoms with Crippen molar-refractivity contribution in [3.63, 3.8) is 0 Å². The summed E-state index contributed by atoms with van der Waals surface area (Å²) in [4.78, 5) is 38.0. The molecule has 0 aliphatic heterocycles. The number of unbranched alkanes of at least 4 members (excludes halogenated alkanes) is 9. The second kappa shape index (κ2) is 15.3. The Labute approximate surface area is 215 Å². The van der Waals surface area contributed by atoms with E-state index in [1.807, 2.05) is 0 Å². The maximum Gasteiger partial charge on any atom is 0.226 e. The van der Waals surface area contributed by atoms with Crippen LogP contribution in [0.5, 0.6) is 11.5 Å². The number of aromatic hydroxyl groups is 2. The van der Waals surface area contributed by atoms with E-state index in [0.717, 1.165) is 44.6 Å². The summed E-state index contributed by atoms with van der Waals surface area (Å²) in [5, 5.41) is 20.5. The number of hydrogen-bond acceptors (Lipinski definition) is 6. The minimum Gasteiger partial charge on any atom is -0.508 e. The molecule has 6 heteroatoms. The van der Waals surface area contributed by atoms with Crippen LogP contribution in [-0.2, 0) is 19.1 Å². The van der Waals surface area contributed by atoms with Gasteiger partial charge in [0.2, 0.25) is 17.3 Å². The van der Waals surface area contributed by atoms with Crippen molar-refractivity contribution < 1.29 is 29.3 Å². The standard InChI is InChI=1S/C30H42O6/c1-4-5-6-7-8-9-10-11-12-13-14-15-16-17-23(22-18-24(31)21(2)25(32)19-22)28-29(34)26(33)20-27(36-3)30(28)35/h10-11,18-20,23,28,31-32H,4-9,12-17H2,1-3H3. The number of benzene rings is 1. The first-order valence-electron chi connectivity index (χ1n) is 13.4. The van der Waals surface area contributed by atoms with Crippen LogP contribution in [-0.4, -0.2) is 34.7 Å². The van der Waals surface area contributed by atoms with E-state index >= 15 is 0 Å². The molecule has 0 heterocycles. The Morgan fingerprint density at radius 2 is 1.42 bits per heavy atom. The summed E-state index contributed by atoms with van der Waals surface area (Å²) >= 11 is 0. The topological polar surface area (TPSA) is 101 Å². The molecule has 0 spiro atoms. The maximum absolute atomic E-state index is 13.0. The van der Waals surface area contributed by atoms with Crippen molar-refractivity contribution in [1.29, 1.82) is 0 Å². The summed E-state index contributed by atoms with van der Waals surface area (Å²) in [7, 11) is 1.29. The molecule has 2 unspecified atom stereocenters. The molecule has 1 aliphatic rings. The lowest BCUT2D eigenvalue weighted by Crippen LogP contribution is -2.39. The number of rotatable bonds is 16. The summed E-state index contributed by atoms with van der Waals surface area (Å²) < 4.78 is 5.06. The minimum absolute atomic E-state index is 0.114. The van der Waals surface area contributed by atoms with E-state index in [2.05, 4.69) is 19.1 Å². The van der Waals surface area contributed by atoms with Gasteiger partial charge in [-0.25, -0.2) is 0 Å². The first-order valence-corrected chi connectivity index (χ1v) is 13.4. The van der Waals surface area contributed by atoms with E-state index in [1.54, 1.807) is 6.92 Å². The molecule has 2 atom stereocenters. The minimum atomic E-state index is -1.22. The number of hydrogen-bond donors (Lipinski definition) is 2. The van der Waals surface area contributed by atoms with Gasteiger partial charge in [0.05, 0.1) is 13.0 Å². The van der Waals surface area contributed by atoms with Gasteiger partial charge in [-0.1, -0.05) is 64.0 Å². The zero-order valence-electron chi connectivity index (χ0n) is 22.1. The fourth-order valence-corrected chi connectivity index (χ4v) is 4.74. The number of phenols is 2. The smallest absolute Gasteiger partial charge is 0.226 e. The van der Waals surface area contributed by atoms with Crippen molar-refractivity contribution >= 4 is 17.3 Å². The summed E-state index contributed by atoms with van der Waals surface area (Å²) in [6, 6.07) is 2.95. The fraction of sp³-hybridized carbons (Fsp3) is 0.567. The maximum atomic E-state index is 13.0. The highest BCUT2D eigenvalue weighted by molar-refractivity contribution is 6.49. The fourth-order valence-electron chi connectivity index (χ4n) is 4.74. The molecule has 0 saturated heterocycles. The number of carbonyl (C=O) groups excluding carboxylic acids is 3. The largest absolute Gasteiger partial charge is 0.508 e. The van der Waals surface area contributed by atoms with Crippen LogP contribution < -0.4 is 0 Å². The number of methoxy groups -OCH3 is 1. The van der Waals surface area contributed by atoms with E-state index in [4.69, 9.17) is 4.74 Å². The van der Waals surface area contributed by atoms with Crippen LogP contribution >= 0.6 is 0 Å². The van der Waals surface area contributed by atoms with E-state index in [0.29, 0.717) is 17.5 Å². The predicted octanol–water partition coefficient (Wildman–Crippen LogP) is 6.61. The van der Waals surface area contributed by atoms with Gasteiger partial charge in [0.15, 0.2) is 5.76 Å². The van der Waals surface area contributed by atoms with E-state index in [1.165, 1.54) is 51.3 Å². The molecule has 0 fully saturated rings. The van der Waals surface area contributed by atoms with Crippen molar-refractivity contribution in [2.24, 2.45) is 5.92 Å². The average Bonchev–Trinajstić information content (AvgIpc) is 2.86. The Morgan fingerprint density at radius 1 is 0.861 bits per heavy atom. The second-order valence-electron chi connectivity index (χ2n) is 9.74. The van der Waals surface area contributed by atoms with Gasteiger partial charge in [-0.05, 0) is 56.7 Å². The Balaban J connectivity index is 1.96. The third-order valence-corrected chi connectivity index (χ3v) is 7.02. The number of carbonyl (C=O) groups is 3. The quantitative estimate of drug-likeness (QED) is 0.115. The molecule has 1 aliphatic carbocycles. The Bertz CT molecular complexity index is 935. The van der Waals surface area contributed by atoms with Crippen molar-refractivity contribution in [3.8, 4) is 11.5 Å². The molecular formula is C30H42O6. The first-order chi connectivity index (χ1) is 17.3. The van der Waals surface area contributed by atoms with Crippen LogP contribution in [0.15, 0.2) is 36.1 Å². The summed E-state index contributed by atoms with van der Waals surface area (Å²) in [5.74, 6) is -4.30. The number of ketones is 3. The van der Waals surface area contributed by atoms with Crippen LogP contribution in [0.1, 0.15) is 101 Å². The molecule has 0 aromatic heterocycles. The molecule has 36 heavy (non-hydrogen) atoms.